The molecule has 0 spiro atoms. The summed E-state index contributed by atoms with van der Waals surface area (Å²) in [5.41, 5.74) is -4.53. The van der Waals surface area contributed by atoms with Crippen LogP contribution in [0, 0.1) is 0 Å². The van der Waals surface area contributed by atoms with E-state index in [2.05, 4.69) is 25.7 Å². The van der Waals surface area contributed by atoms with Gasteiger partial charge >= 0.3 is 6.09 Å². The Morgan fingerprint density at radius 2 is 1.72 bits per heavy atom. The molecule has 2 aliphatic carbocycles. The molecule has 0 bridgehead atoms. The van der Waals surface area contributed by atoms with Crippen LogP contribution in [0.5, 0.6) is 17.2 Å². The second-order valence-electron chi connectivity index (χ2n) is 14.2. The lowest BCUT2D eigenvalue weighted by Gasteiger charge is -2.42. The largest absolute Gasteiger partial charge is 0.507 e. The van der Waals surface area contributed by atoms with Gasteiger partial charge in [-0.1, -0.05) is 32.9 Å². The summed E-state index contributed by atoms with van der Waals surface area (Å²) in [6, 6.07) is 3.26. The van der Waals surface area contributed by atoms with Gasteiger partial charge in [0.05, 0.1) is 42.0 Å². The minimum Gasteiger partial charge on any atom is -0.507 e. The van der Waals surface area contributed by atoms with Gasteiger partial charge in [-0.05, 0) is 13.0 Å². The SMILES string of the molecule is COc1cccc2c1C(=O)c1c(O)c3c(c(O)c1C2=O)C[C@](O)(C(=O)CO)C[C@H]3O[C@@H]1C[C@@H](NC(=O)OCc2nnc(C(C)(C)C)nn2)[C@@H](O)[C@@H](C)O1. The van der Waals surface area contributed by atoms with Crippen LogP contribution in [0.15, 0.2) is 18.2 Å². The van der Waals surface area contributed by atoms with Crippen molar-refractivity contribution in [1.82, 2.24) is 25.7 Å². The molecule has 6 rings (SSSR count). The number of nitrogens with zero attached hydrogens (tertiary/aromatic N) is 4. The number of carbonyl (C=O) groups excluding carboxylic acids is 4. The predicted molar refractivity (Wildman–Crippen MR) is 177 cm³/mol. The zero-order chi connectivity index (χ0) is 38.6. The number of phenols is 2. The number of aliphatic hydroxyl groups is 3. The zero-order valence-corrected chi connectivity index (χ0v) is 29.4. The summed E-state index contributed by atoms with van der Waals surface area (Å²) in [7, 11) is 1.30. The molecule has 282 valence electrons. The summed E-state index contributed by atoms with van der Waals surface area (Å²) in [5.74, 6) is -3.71. The van der Waals surface area contributed by atoms with Crippen LogP contribution in [0.1, 0.15) is 101 Å². The quantitative estimate of drug-likeness (QED) is 0.137. The maximum Gasteiger partial charge on any atom is 0.407 e. The van der Waals surface area contributed by atoms with Crippen molar-refractivity contribution < 1.29 is 63.7 Å². The number of hydrogen-bond donors (Lipinski definition) is 6. The maximum atomic E-state index is 13.9. The summed E-state index contributed by atoms with van der Waals surface area (Å²) >= 11 is 0. The summed E-state index contributed by atoms with van der Waals surface area (Å²) in [4.78, 5) is 53.3. The number of rotatable bonds is 8. The molecule has 0 saturated carbocycles. The van der Waals surface area contributed by atoms with Crippen molar-refractivity contribution in [3.8, 4) is 17.2 Å². The van der Waals surface area contributed by atoms with Gasteiger partial charge in [0.25, 0.3) is 0 Å². The van der Waals surface area contributed by atoms with Crippen molar-refractivity contribution in [2.24, 2.45) is 0 Å². The molecule has 2 aromatic carbocycles. The predicted octanol–water partition coefficient (Wildman–Crippen LogP) is 0.846. The van der Waals surface area contributed by atoms with Gasteiger partial charge in [0, 0.05) is 41.4 Å². The molecule has 1 saturated heterocycles. The van der Waals surface area contributed by atoms with Gasteiger partial charge in [0.15, 0.2) is 30.3 Å². The highest BCUT2D eigenvalue weighted by Crippen LogP contribution is 2.52. The third-order valence-electron chi connectivity index (χ3n) is 9.59. The third-order valence-corrected chi connectivity index (χ3v) is 9.59. The molecule has 2 heterocycles. The molecule has 6 atom stereocenters. The van der Waals surface area contributed by atoms with Crippen LogP contribution < -0.4 is 10.1 Å². The lowest BCUT2D eigenvalue weighted by atomic mass is 9.72. The van der Waals surface area contributed by atoms with Crippen molar-refractivity contribution >= 4 is 23.4 Å². The number of ether oxygens (including phenoxy) is 4. The number of aromatic nitrogens is 4. The van der Waals surface area contributed by atoms with Crippen LogP contribution >= 0.6 is 0 Å². The van der Waals surface area contributed by atoms with E-state index in [1.807, 2.05) is 20.8 Å². The van der Waals surface area contributed by atoms with Gasteiger partial charge in [-0.2, -0.15) is 0 Å². The molecule has 0 radical (unpaired) electrons. The summed E-state index contributed by atoms with van der Waals surface area (Å²) in [6.07, 6.45) is -7.42. The van der Waals surface area contributed by atoms with E-state index < -0.39 is 107 Å². The van der Waals surface area contributed by atoms with Crippen molar-refractivity contribution in [2.75, 3.05) is 13.7 Å². The molecule has 18 heteroatoms. The fourth-order valence-electron chi connectivity index (χ4n) is 6.79. The number of carbonyl (C=O) groups is 4. The molecular formula is C35H39N5O13. The number of benzene rings is 2. The number of methoxy groups -OCH3 is 1. The number of phenolic OH excluding ortho intramolecular Hbond substituents is 2. The van der Waals surface area contributed by atoms with Gasteiger partial charge in [-0.15, -0.1) is 20.4 Å². The highest BCUT2D eigenvalue weighted by atomic mass is 16.7. The van der Waals surface area contributed by atoms with E-state index in [-0.39, 0.29) is 46.9 Å². The number of hydrogen-bond acceptors (Lipinski definition) is 17. The smallest absolute Gasteiger partial charge is 0.407 e. The first-order valence-corrected chi connectivity index (χ1v) is 16.7. The van der Waals surface area contributed by atoms with Crippen LogP contribution in [-0.4, -0.2) is 113 Å². The van der Waals surface area contributed by atoms with E-state index in [0.717, 1.165) is 0 Å². The molecule has 6 N–H and O–H groups in total. The van der Waals surface area contributed by atoms with E-state index >= 15 is 0 Å². The van der Waals surface area contributed by atoms with Crippen molar-refractivity contribution in [1.29, 1.82) is 0 Å². The van der Waals surface area contributed by atoms with Crippen molar-refractivity contribution in [2.45, 2.75) is 95.2 Å². The Hall–Kier alpha value is -5.14. The lowest BCUT2D eigenvalue weighted by molar-refractivity contribution is -0.249. The first kappa shape index (κ1) is 37.6. The number of amides is 1. The Balaban J connectivity index is 1.28. The molecule has 3 aromatic rings. The Morgan fingerprint density at radius 3 is 2.36 bits per heavy atom. The molecule has 53 heavy (non-hydrogen) atoms. The van der Waals surface area contributed by atoms with Crippen molar-refractivity contribution in [3.05, 3.63) is 63.2 Å². The number of aromatic hydroxyl groups is 2. The van der Waals surface area contributed by atoms with Gasteiger partial charge < -0.3 is 49.8 Å². The summed E-state index contributed by atoms with van der Waals surface area (Å²) in [5, 5.41) is 73.8. The second-order valence-corrected chi connectivity index (χ2v) is 14.2. The summed E-state index contributed by atoms with van der Waals surface area (Å²) in [6.45, 7) is 5.68. The number of Topliss-reactive ketones (excluding diaryl/α,β-unsaturated/α-hetero) is 1. The molecule has 3 aliphatic rings. The molecule has 1 aromatic heterocycles. The number of ketones is 3. The fraction of sp³-hybridized carbons (Fsp3) is 0.486. The molecule has 18 nitrogen and oxygen atoms in total. The van der Waals surface area contributed by atoms with Gasteiger partial charge in [-0.25, -0.2) is 4.79 Å². The van der Waals surface area contributed by atoms with E-state index in [4.69, 9.17) is 18.9 Å². The van der Waals surface area contributed by atoms with Gasteiger partial charge in [0.1, 0.15) is 35.6 Å². The van der Waals surface area contributed by atoms with Crippen molar-refractivity contribution in [3.63, 3.8) is 0 Å². The van der Waals surface area contributed by atoms with Crippen LogP contribution in [0.25, 0.3) is 0 Å². The van der Waals surface area contributed by atoms with E-state index in [1.54, 1.807) is 0 Å². The van der Waals surface area contributed by atoms with Crippen LogP contribution in [-0.2, 0) is 37.4 Å². The average molecular weight is 738 g/mol. The number of fused-ring (bicyclic) bond motifs is 3. The molecular weight excluding hydrogens is 698 g/mol. The topological polar surface area (TPSA) is 270 Å². The van der Waals surface area contributed by atoms with Crippen LogP contribution in [0.2, 0.25) is 0 Å². The van der Waals surface area contributed by atoms with Crippen LogP contribution in [0.4, 0.5) is 4.79 Å². The molecule has 0 unspecified atom stereocenters. The van der Waals surface area contributed by atoms with Crippen LogP contribution in [0.3, 0.4) is 0 Å². The highest BCUT2D eigenvalue weighted by molar-refractivity contribution is 6.31. The molecule has 1 aliphatic heterocycles. The van der Waals surface area contributed by atoms with E-state index in [1.165, 1.54) is 32.2 Å². The van der Waals surface area contributed by atoms with E-state index in [9.17, 15) is 44.7 Å². The minimum absolute atomic E-state index is 0.0310. The fourth-order valence-corrected chi connectivity index (χ4v) is 6.79. The Kier molecular flexibility index (Phi) is 9.95. The normalized spacial score (nSPS) is 25.2. The number of aliphatic hydroxyl groups excluding tert-OH is 2. The van der Waals surface area contributed by atoms with E-state index in [0.29, 0.717) is 5.82 Å². The second kappa shape index (κ2) is 14.0. The Labute approximate surface area is 302 Å². The first-order chi connectivity index (χ1) is 25.0. The van der Waals surface area contributed by atoms with Gasteiger partial charge in [0.2, 0.25) is 11.6 Å². The average Bonchev–Trinajstić information content (AvgIpc) is 3.12. The standard InChI is InChI=1S/C35H39N5O13/c1-14-27(43)17(36-33(48)51-13-21-37-39-32(40-38-21)34(2,3)4)9-22(52-14)53-19-11-35(49,20(42)12-41)10-16-24(19)31(47)26-25(29(16)45)28(44)15-7-6-8-18(50-5)23(15)30(26)46/h6-8,14,17,19,22,27,41,43,45,47,49H,9-13H2,1-5H3,(H,36,48)/t14-,17-,19-,22-,27+,35-/m1/s1. The number of alkyl carbamates (subject to hydrolysis) is 1. The first-order valence-electron chi connectivity index (χ1n) is 16.7. The summed E-state index contributed by atoms with van der Waals surface area (Å²) < 4.78 is 22.6. The Morgan fingerprint density at radius 1 is 1.04 bits per heavy atom. The zero-order valence-electron chi connectivity index (χ0n) is 29.4. The minimum atomic E-state index is -2.36. The Bertz CT molecular complexity index is 1980. The monoisotopic (exact) mass is 737 g/mol. The third kappa shape index (κ3) is 6.79. The number of nitrogens with one attached hydrogen (secondary N) is 1. The molecule has 1 amide bonds. The highest BCUT2D eigenvalue weighted by Gasteiger charge is 2.50. The molecule has 1 fully saturated rings. The van der Waals surface area contributed by atoms with Gasteiger partial charge in [-0.3, -0.25) is 14.4 Å². The lowest BCUT2D eigenvalue weighted by Crippen LogP contribution is -2.56. The maximum absolute atomic E-state index is 13.9.